The van der Waals surface area contributed by atoms with E-state index >= 15 is 0 Å². The molecule has 0 atom stereocenters. The van der Waals surface area contributed by atoms with Gasteiger partial charge in [0, 0.05) is 12.2 Å². The summed E-state index contributed by atoms with van der Waals surface area (Å²) in [6.07, 6.45) is 1.62. The summed E-state index contributed by atoms with van der Waals surface area (Å²) < 4.78 is 8.07. The van der Waals surface area contributed by atoms with Crippen LogP contribution >= 0.6 is 11.8 Å². The number of ketones is 1. The largest absolute Gasteiger partial charge is 0.465 e. The Morgan fingerprint density at radius 3 is 2.72 bits per heavy atom. The molecule has 3 heterocycles. The number of benzene rings is 1. The van der Waals surface area contributed by atoms with Crippen molar-refractivity contribution in [2.24, 2.45) is 0 Å². The van der Waals surface area contributed by atoms with Crippen LogP contribution < -0.4 is 5.56 Å². The van der Waals surface area contributed by atoms with Crippen LogP contribution in [-0.2, 0) is 11.3 Å². The Labute approximate surface area is 187 Å². The summed E-state index contributed by atoms with van der Waals surface area (Å²) in [5, 5.41) is 9.43. The molecule has 3 aromatic heterocycles. The van der Waals surface area contributed by atoms with Crippen LogP contribution in [0.2, 0.25) is 0 Å². The first kappa shape index (κ1) is 21.6. The molecule has 0 amide bonds. The minimum absolute atomic E-state index is 0.0666. The monoisotopic (exact) mass is 451 g/mol. The number of para-hydroxylation sites is 1. The zero-order valence-corrected chi connectivity index (χ0v) is 18.7. The Balaban J connectivity index is 1.72. The molecule has 0 unspecified atom stereocenters. The van der Waals surface area contributed by atoms with Gasteiger partial charge in [0.05, 0.1) is 35.0 Å². The molecule has 0 fully saturated rings. The van der Waals surface area contributed by atoms with Gasteiger partial charge in [0.1, 0.15) is 0 Å². The van der Waals surface area contributed by atoms with Gasteiger partial charge in [-0.3, -0.25) is 18.6 Å². The second kappa shape index (κ2) is 8.46. The summed E-state index contributed by atoms with van der Waals surface area (Å²) in [7, 11) is 1.30. The van der Waals surface area contributed by atoms with E-state index in [9.17, 15) is 14.4 Å². The molecular formula is C22H21N5O4S. The van der Waals surface area contributed by atoms with Crippen molar-refractivity contribution in [3.05, 3.63) is 69.8 Å². The average Bonchev–Trinajstić information content (AvgIpc) is 3.35. The predicted molar refractivity (Wildman–Crippen MR) is 122 cm³/mol. The number of nitrogens with zero attached hydrogens (tertiary/aromatic N) is 4. The lowest BCUT2D eigenvalue weighted by atomic mass is 10.1. The van der Waals surface area contributed by atoms with Crippen LogP contribution in [0.3, 0.4) is 0 Å². The highest BCUT2D eigenvalue weighted by Crippen LogP contribution is 2.24. The molecule has 0 aliphatic carbocycles. The normalized spacial score (nSPS) is 11.2. The van der Waals surface area contributed by atoms with E-state index in [2.05, 4.69) is 21.8 Å². The van der Waals surface area contributed by atoms with Gasteiger partial charge in [0.15, 0.2) is 10.9 Å². The van der Waals surface area contributed by atoms with E-state index in [0.717, 1.165) is 0 Å². The number of ether oxygens (including phenoxy) is 1. The standard InChI is InChI=1S/C22H21N5O4S/c1-5-10-26-19(29)14-8-6-7-9-15(14)27-21(26)24-25-22(27)32-11-16(28)18-12(2)17(13(3)23-18)20(30)31-4/h5-9,23H,1,10-11H2,2-4H3. The van der Waals surface area contributed by atoms with Crippen molar-refractivity contribution in [3.63, 3.8) is 0 Å². The first-order chi connectivity index (χ1) is 15.4. The lowest BCUT2D eigenvalue weighted by Gasteiger charge is -2.09. The lowest BCUT2D eigenvalue weighted by molar-refractivity contribution is 0.0599. The minimum atomic E-state index is -0.488. The van der Waals surface area contributed by atoms with Crippen LogP contribution in [0.25, 0.3) is 16.7 Å². The number of aromatic amines is 1. The van der Waals surface area contributed by atoms with E-state index in [1.165, 1.54) is 23.4 Å². The molecule has 10 heteroatoms. The van der Waals surface area contributed by atoms with Crippen LogP contribution in [0.1, 0.15) is 32.1 Å². The third-order valence-electron chi connectivity index (χ3n) is 5.23. The number of carbonyl (C=O) groups excluding carboxylic acids is 2. The number of esters is 1. The number of aromatic nitrogens is 5. The summed E-state index contributed by atoms with van der Waals surface area (Å²) in [5.41, 5.74) is 2.34. The van der Waals surface area contributed by atoms with Crippen LogP contribution in [0, 0.1) is 13.8 Å². The maximum atomic E-state index is 12.9. The number of hydrogen-bond acceptors (Lipinski definition) is 7. The number of aryl methyl sites for hydroxylation is 1. The topological polar surface area (TPSA) is 111 Å². The van der Waals surface area contributed by atoms with Crippen molar-refractivity contribution < 1.29 is 14.3 Å². The molecule has 0 bridgehead atoms. The molecule has 32 heavy (non-hydrogen) atoms. The molecule has 4 rings (SSSR count). The third-order valence-corrected chi connectivity index (χ3v) is 6.16. The lowest BCUT2D eigenvalue weighted by Crippen LogP contribution is -2.22. The Hall–Kier alpha value is -3.66. The van der Waals surface area contributed by atoms with Gasteiger partial charge in [-0.15, -0.1) is 16.8 Å². The summed E-state index contributed by atoms with van der Waals surface area (Å²) in [4.78, 5) is 40.8. The number of hydrogen-bond donors (Lipinski definition) is 1. The maximum Gasteiger partial charge on any atom is 0.339 e. The maximum absolute atomic E-state index is 12.9. The van der Waals surface area contributed by atoms with Crippen molar-refractivity contribution in [2.75, 3.05) is 12.9 Å². The van der Waals surface area contributed by atoms with Gasteiger partial charge in [-0.25, -0.2) is 4.79 Å². The van der Waals surface area contributed by atoms with Gasteiger partial charge in [-0.1, -0.05) is 30.0 Å². The highest BCUT2D eigenvalue weighted by Gasteiger charge is 2.23. The highest BCUT2D eigenvalue weighted by atomic mass is 32.2. The number of thioether (sulfide) groups is 1. The van der Waals surface area contributed by atoms with Crippen molar-refractivity contribution in [1.29, 1.82) is 0 Å². The third kappa shape index (κ3) is 3.42. The number of Topliss-reactive ketones (excluding diaryl/α,β-unsaturated/α-hetero) is 1. The molecule has 0 radical (unpaired) electrons. The fraction of sp³-hybridized carbons (Fsp3) is 0.227. The predicted octanol–water partition coefficient (Wildman–Crippen LogP) is 2.94. The van der Waals surface area contributed by atoms with Gasteiger partial charge in [-0.05, 0) is 31.5 Å². The smallest absolute Gasteiger partial charge is 0.339 e. The quantitative estimate of drug-likeness (QED) is 0.199. The van der Waals surface area contributed by atoms with Crippen molar-refractivity contribution in [1.82, 2.24) is 24.1 Å². The zero-order valence-electron chi connectivity index (χ0n) is 17.8. The van der Waals surface area contributed by atoms with Gasteiger partial charge in [0.25, 0.3) is 5.56 Å². The SMILES string of the molecule is C=CCn1c(=O)c2ccccc2n2c(SCC(=O)c3[nH]c(C)c(C(=O)OC)c3C)nnc12. The summed E-state index contributed by atoms with van der Waals surface area (Å²) in [6, 6.07) is 7.19. The highest BCUT2D eigenvalue weighted by molar-refractivity contribution is 7.99. The van der Waals surface area contributed by atoms with Crippen molar-refractivity contribution in [3.8, 4) is 0 Å². The molecule has 0 spiro atoms. The van der Waals surface area contributed by atoms with Crippen molar-refractivity contribution >= 4 is 40.2 Å². The van der Waals surface area contributed by atoms with E-state index in [1.54, 1.807) is 36.5 Å². The number of H-pyrrole nitrogens is 1. The minimum Gasteiger partial charge on any atom is -0.465 e. The Morgan fingerprint density at radius 2 is 2.00 bits per heavy atom. The number of rotatable bonds is 7. The second-order valence-electron chi connectivity index (χ2n) is 7.17. The van der Waals surface area contributed by atoms with Crippen LogP contribution in [0.15, 0.2) is 46.9 Å². The molecule has 1 N–H and O–H groups in total. The number of allylic oxidation sites excluding steroid dienone is 1. The van der Waals surface area contributed by atoms with E-state index in [-0.39, 0.29) is 23.6 Å². The number of fused-ring (bicyclic) bond motifs is 3. The summed E-state index contributed by atoms with van der Waals surface area (Å²) >= 11 is 1.21. The van der Waals surface area contributed by atoms with Gasteiger partial charge >= 0.3 is 5.97 Å². The van der Waals surface area contributed by atoms with E-state index in [1.807, 2.05) is 12.1 Å². The molecule has 4 aromatic rings. The van der Waals surface area contributed by atoms with Crippen LogP contribution in [-0.4, -0.2) is 48.8 Å². The number of methoxy groups -OCH3 is 1. The average molecular weight is 452 g/mol. The molecule has 164 valence electrons. The fourth-order valence-electron chi connectivity index (χ4n) is 3.76. The molecule has 0 aliphatic heterocycles. The Morgan fingerprint density at radius 1 is 1.25 bits per heavy atom. The zero-order chi connectivity index (χ0) is 23.0. The molecular weight excluding hydrogens is 430 g/mol. The van der Waals surface area contributed by atoms with Gasteiger partial charge < -0.3 is 9.72 Å². The number of carbonyl (C=O) groups is 2. The Kier molecular flexibility index (Phi) is 5.70. The molecule has 9 nitrogen and oxygen atoms in total. The van der Waals surface area contributed by atoms with Crippen LogP contribution in [0.4, 0.5) is 0 Å². The molecule has 0 aliphatic rings. The van der Waals surface area contributed by atoms with E-state index in [4.69, 9.17) is 4.74 Å². The van der Waals surface area contributed by atoms with E-state index in [0.29, 0.717) is 44.4 Å². The van der Waals surface area contributed by atoms with Crippen LogP contribution in [0.5, 0.6) is 0 Å². The second-order valence-corrected chi connectivity index (χ2v) is 8.11. The van der Waals surface area contributed by atoms with Gasteiger partial charge in [0.2, 0.25) is 5.78 Å². The fourth-order valence-corrected chi connectivity index (χ4v) is 4.57. The first-order valence-corrected chi connectivity index (χ1v) is 10.8. The Bertz CT molecular complexity index is 1450. The number of nitrogens with one attached hydrogen (secondary N) is 1. The first-order valence-electron chi connectivity index (χ1n) is 9.80. The molecule has 0 saturated heterocycles. The molecule has 0 saturated carbocycles. The van der Waals surface area contributed by atoms with E-state index < -0.39 is 5.97 Å². The van der Waals surface area contributed by atoms with Gasteiger partial charge in [-0.2, -0.15) is 0 Å². The summed E-state index contributed by atoms with van der Waals surface area (Å²) in [5.74, 6) is -0.232. The molecule has 1 aromatic carbocycles. The summed E-state index contributed by atoms with van der Waals surface area (Å²) in [6.45, 7) is 7.43. The van der Waals surface area contributed by atoms with Crippen molar-refractivity contribution in [2.45, 2.75) is 25.5 Å².